The van der Waals surface area contributed by atoms with Gasteiger partial charge < -0.3 is 0 Å². The molecule has 0 N–H and O–H groups in total. The SMILES string of the molecule is O=C(c1cc(Br)c(Br)s1)C1CCCc2ccccc21. The van der Waals surface area contributed by atoms with Crippen molar-refractivity contribution in [3.8, 4) is 0 Å². The van der Waals surface area contributed by atoms with Crippen LogP contribution in [0.4, 0.5) is 0 Å². The maximum Gasteiger partial charge on any atom is 0.180 e. The summed E-state index contributed by atoms with van der Waals surface area (Å²) in [5.74, 6) is 0.283. The van der Waals surface area contributed by atoms with Crippen LogP contribution in [-0.2, 0) is 6.42 Å². The Labute approximate surface area is 133 Å². The highest BCUT2D eigenvalue weighted by molar-refractivity contribution is 9.13. The van der Waals surface area contributed by atoms with E-state index in [-0.39, 0.29) is 11.7 Å². The monoisotopic (exact) mass is 398 g/mol. The number of aryl methyl sites for hydroxylation is 1. The van der Waals surface area contributed by atoms with Crippen LogP contribution in [0.5, 0.6) is 0 Å². The van der Waals surface area contributed by atoms with Crippen molar-refractivity contribution in [2.24, 2.45) is 0 Å². The van der Waals surface area contributed by atoms with Gasteiger partial charge >= 0.3 is 0 Å². The molecule has 0 fully saturated rings. The first-order chi connectivity index (χ1) is 9.16. The van der Waals surface area contributed by atoms with E-state index >= 15 is 0 Å². The Balaban J connectivity index is 1.97. The number of ketones is 1. The predicted octanol–water partition coefficient (Wildman–Crippen LogP) is 5.58. The third-order valence-electron chi connectivity index (χ3n) is 3.57. The minimum absolute atomic E-state index is 0.0300. The van der Waals surface area contributed by atoms with Gasteiger partial charge in [0.05, 0.1) is 8.66 Å². The van der Waals surface area contributed by atoms with E-state index in [1.807, 2.05) is 12.1 Å². The number of Topliss-reactive ketones (excluding diaryl/α,β-unsaturated/α-hetero) is 1. The van der Waals surface area contributed by atoms with Gasteiger partial charge in [-0.25, -0.2) is 0 Å². The fourth-order valence-corrected chi connectivity index (χ4v) is 4.70. The molecule has 98 valence electrons. The molecular weight excluding hydrogens is 388 g/mol. The van der Waals surface area contributed by atoms with E-state index in [1.54, 1.807) is 0 Å². The predicted molar refractivity (Wildman–Crippen MR) is 86.2 cm³/mol. The molecule has 0 spiro atoms. The molecule has 3 rings (SSSR count). The van der Waals surface area contributed by atoms with Crippen LogP contribution >= 0.6 is 43.2 Å². The molecule has 0 aliphatic heterocycles. The topological polar surface area (TPSA) is 17.1 Å². The second kappa shape index (κ2) is 5.51. The third kappa shape index (κ3) is 2.58. The fraction of sp³-hybridized carbons (Fsp3) is 0.267. The largest absolute Gasteiger partial charge is 0.293 e. The molecule has 1 atom stereocenters. The van der Waals surface area contributed by atoms with E-state index in [0.29, 0.717) is 0 Å². The Morgan fingerprint density at radius 1 is 1.26 bits per heavy atom. The van der Waals surface area contributed by atoms with Crippen LogP contribution in [0.25, 0.3) is 0 Å². The highest BCUT2D eigenvalue weighted by Gasteiger charge is 2.28. The van der Waals surface area contributed by atoms with Crippen molar-refractivity contribution < 1.29 is 4.79 Å². The van der Waals surface area contributed by atoms with E-state index < -0.39 is 0 Å². The number of halogens is 2. The van der Waals surface area contributed by atoms with E-state index in [4.69, 9.17) is 0 Å². The van der Waals surface area contributed by atoms with E-state index in [2.05, 4.69) is 50.1 Å². The van der Waals surface area contributed by atoms with Crippen LogP contribution in [0.3, 0.4) is 0 Å². The molecular formula is C15H12Br2OS. The maximum atomic E-state index is 12.7. The highest BCUT2D eigenvalue weighted by atomic mass is 79.9. The van der Waals surface area contributed by atoms with Crippen LogP contribution in [0.2, 0.25) is 0 Å². The Hall–Kier alpha value is -0.450. The van der Waals surface area contributed by atoms with E-state index in [9.17, 15) is 4.79 Å². The molecule has 0 saturated heterocycles. The first kappa shape index (κ1) is 13.5. The average Bonchev–Trinajstić information content (AvgIpc) is 2.77. The normalized spacial score (nSPS) is 18.1. The summed E-state index contributed by atoms with van der Waals surface area (Å²) in [6.45, 7) is 0. The van der Waals surface area contributed by atoms with Gasteiger partial charge in [0, 0.05) is 10.4 Å². The molecule has 1 aromatic carbocycles. The zero-order valence-electron chi connectivity index (χ0n) is 10.2. The third-order valence-corrected chi connectivity index (χ3v) is 6.84. The molecule has 2 aromatic rings. The van der Waals surface area contributed by atoms with Crippen molar-refractivity contribution in [2.45, 2.75) is 25.2 Å². The summed E-state index contributed by atoms with van der Waals surface area (Å²) in [6.07, 6.45) is 3.15. The molecule has 0 saturated carbocycles. The van der Waals surface area contributed by atoms with Crippen LogP contribution in [0, 0.1) is 0 Å². The number of hydrogen-bond acceptors (Lipinski definition) is 2. The quantitative estimate of drug-likeness (QED) is 0.602. The summed E-state index contributed by atoms with van der Waals surface area (Å²) in [7, 11) is 0. The Kier molecular flexibility index (Phi) is 3.92. The molecule has 1 nitrogen and oxygen atoms in total. The minimum atomic E-state index is 0.0300. The molecule has 1 aliphatic carbocycles. The number of thiophene rings is 1. The molecule has 19 heavy (non-hydrogen) atoms. The standard InChI is InChI=1S/C15H12Br2OS/c16-12-8-13(19-15(12)17)14(18)11-7-3-5-9-4-1-2-6-10(9)11/h1-2,4,6,8,11H,3,5,7H2. The average molecular weight is 400 g/mol. The van der Waals surface area contributed by atoms with Gasteiger partial charge in [-0.15, -0.1) is 11.3 Å². The van der Waals surface area contributed by atoms with Gasteiger partial charge in [-0.05, 0) is 68.3 Å². The van der Waals surface area contributed by atoms with Crippen LogP contribution < -0.4 is 0 Å². The van der Waals surface area contributed by atoms with Gasteiger partial charge in [0.2, 0.25) is 0 Å². The van der Waals surface area contributed by atoms with Gasteiger partial charge in [-0.1, -0.05) is 24.3 Å². The van der Waals surface area contributed by atoms with Crippen molar-refractivity contribution in [1.82, 2.24) is 0 Å². The van der Waals surface area contributed by atoms with Gasteiger partial charge in [0.15, 0.2) is 5.78 Å². The summed E-state index contributed by atoms with van der Waals surface area (Å²) < 4.78 is 1.95. The van der Waals surface area contributed by atoms with Gasteiger partial charge in [-0.3, -0.25) is 4.79 Å². The molecule has 1 unspecified atom stereocenters. The molecule has 1 heterocycles. The van der Waals surface area contributed by atoms with Crippen molar-refractivity contribution >= 4 is 49.0 Å². The summed E-state index contributed by atoms with van der Waals surface area (Å²) in [4.78, 5) is 13.5. The smallest absolute Gasteiger partial charge is 0.180 e. The summed E-state index contributed by atoms with van der Waals surface area (Å²) in [5, 5.41) is 0. The van der Waals surface area contributed by atoms with E-state index in [1.165, 1.54) is 22.5 Å². The zero-order valence-corrected chi connectivity index (χ0v) is 14.1. The van der Waals surface area contributed by atoms with Crippen molar-refractivity contribution in [3.63, 3.8) is 0 Å². The zero-order chi connectivity index (χ0) is 13.4. The van der Waals surface area contributed by atoms with Crippen LogP contribution in [0.1, 0.15) is 39.6 Å². The summed E-state index contributed by atoms with van der Waals surface area (Å²) in [5.41, 5.74) is 2.56. The molecule has 0 radical (unpaired) electrons. The molecule has 0 bridgehead atoms. The van der Waals surface area contributed by atoms with Crippen LogP contribution in [-0.4, -0.2) is 5.78 Å². The lowest BCUT2D eigenvalue weighted by atomic mass is 9.80. The lowest BCUT2D eigenvalue weighted by Gasteiger charge is -2.23. The van der Waals surface area contributed by atoms with Gasteiger partial charge in [0.1, 0.15) is 0 Å². The Morgan fingerprint density at radius 2 is 2.05 bits per heavy atom. The van der Waals surface area contributed by atoms with Crippen molar-refractivity contribution in [1.29, 1.82) is 0 Å². The minimum Gasteiger partial charge on any atom is -0.293 e. The summed E-state index contributed by atoms with van der Waals surface area (Å²) >= 11 is 8.42. The maximum absolute atomic E-state index is 12.7. The summed E-state index contributed by atoms with van der Waals surface area (Å²) in [6, 6.07) is 10.3. The number of fused-ring (bicyclic) bond motifs is 1. The number of rotatable bonds is 2. The molecule has 1 aliphatic rings. The Bertz CT molecular complexity index is 613. The van der Waals surface area contributed by atoms with Crippen LogP contribution in [0.15, 0.2) is 38.6 Å². The number of hydrogen-bond donors (Lipinski definition) is 0. The molecule has 0 amide bonds. The second-order valence-electron chi connectivity index (χ2n) is 4.74. The van der Waals surface area contributed by atoms with Crippen molar-refractivity contribution in [3.05, 3.63) is 54.6 Å². The molecule has 1 aromatic heterocycles. The number of carbonyl (C=O) groups is 1. The first-order valence-electron chi connectivity index (χ1n) is 6.23. The lowest BCUT2D eigenvalue weighted by molar-refractivity contribution is 0.0955. The molecule has 4 heteroatoms. The Morgan fingerprint density at radius 3 is 2.79 bits per heavy atom. The van der Waals surface area contributed by atoms with Crippen molar-refractivity contribution in [2.75, 3.05) is 0 Å². The van der Waals surface area contributed by atoms with Gasteiger partial charge in [0.25, 0.3) is 0 Å². The van der Waals surface area contributed by atoms with Gasteiger partial charge in [-0.2, -0.15) is 0 Å². The second-order valence-corrected chi connectivity index (χ2v) is 7.96. The number of carbonyl (C=O) groups excluding carboxylic acids is 1. The highest BCUT2D eigenvalue weighted by Crippen LogP contribution is 2.38. The van der Waals surface area contributed by atoms with E-state index in [0.717, 1.165) is 32.4 Å². The number of benzene rings is 1. The fourth-order valence-electron chi connectivity index (χ4n) is 2.67. The lowest BCUT2D eigenvalue weighted by Crippen LogP contribution is -2.17. The first-order valence-corrected chi connectivity index (χ1v) is 8.64.